The van der Waals surface area contributed by atoms with Crippen molar-refractivity contribution in [2.45, 2.75) is 52.2 Å². The summed E-state index contributed by atoms with van der Waals surface area (Å²) in [5, 5.41) is 2.85. The fourth-order valence-electron chi connectivity index (χ4n) is 3.47. The molecule has 1 aromatic carbocycles. The van der Waals surface area contributed by atoms with Gasteiger partial charge in [0.15, 0.2) is 0 Å². The Morgan fingerprint density at radius 2 is 1.56 bits per heavy atom. The summed E-state index contributed by atoms with van der Waals surface area (Å²) in [6, 6.07) is 10.4. The first-order valence-corrected chi connectivity index (χ1v) is 12.5. The fraction of sp³-hybridized carbons (Fsp3) is 0.478. The Labute approximate surface area is 190 Å². The lowest BCUT2D eigenvalue weighted by Gasteiger charge is -2.20. The van der Waals surface area contributed by atoms with Gasteiger partial charge in [0.2, 0.25) is 15.9 Å². The predicted molar refractivity (Wildman–Crippen MR) is 126 cm³/mol. The molecule has 0 atom stereocenters. The zero-order chi connectivity index (χ0) is 23.7. The smallest absolute Gasteiger partial charge is 0.251 e. The third-order valence-corrected chi connectivity index (χ3v) is 7.53. The van der Waals surface area contributed by atoms with E-state index in [-0.39, 0.29) is 17.3 Å². The van der Waals surface area contributed by atoms with E-state index in [0.717, 1.165) is 35.3 Å². The summed E-state index contributed by atoms with van der Waals surface area (Å²) in [6.07, 6.45) is 1.24. The van der Waals surface area contributed by atoms with Crippen molar-refractivity contribution in [1.29, 1.82) is 0 Å². The van der Waals surface area contributed by atoms with Gasteiger partial charge in [-0.3, -0.25) is 14.5 Å². The molecule has 0 spiro atoms. The van der Waals surface area contributed by atoms with Crippen molar-refractivity contribution in [2.75, 3.05) is 26.2 Å². The summed E-state index contributed by atoms with van der Waals surface area (Å²) in [5.41, 5.74) is 1.72. The summed E-state index contributed by atoms with van der Waals surface area (Å²) in [4.78, 5) is 27.1. The van der Waals surface area contributed by atoms with Gasteiger partial charge >= 0.3 is 0 Å². The van der Waals surface area contributed by atoms with Crippen molar-refractivity contribution in [2.24, 2.45) is 0 Å². The summed E-state index contributed by atoms with van der Waals surface area (Å²) >= 11 is 0. The van der Waals surface area contributed by atoms with Crippen LogP contribution in [0.3, 0.4) is 0 Å². The molecule has 1 aromatic heterocycles. The number of nitrogens with zero attached hydrogens (tertiary/aromatic N) is 3. The lowest BCUT2D eigenvalue weighted by Crippen LogP contribution is -2.34. The second-order valence-electron chi connectivity index (χ2n) is 7.43. The van der Waals surface area contributed by atoms with E-state index in [0.29, 0.717) is 19.6 Å². The second-order valence-corrected chi connectivity index (χ2v) is 9.37. The number of aromatic nitrogens is 1. The molecule has 0 saturated carbocycles. The summed E-state index contributed by atoms with van der Waals surface area (Å²) in [5.74, 6) is -0.359. The second kappa shape index (κ2) is 11.9. The summed E-state index contributed by atoms with van der Waals surface area (Å²) < 4.78 is 27.9. The van der Waals surface area contributed by atoms with Gasteiger partial charge in [0.1, 0.15) is 6.54 Å². The highest BCUT2D eigenvalue weighted by Gasteiger charge is 2.22. The Kier molecular flexibility index (Phi) is 9.61. The number of pyridine rings is 1. The highest BCUT2D eigenvalue weighted by atomic mass is 32.2. The molecule has 8 nitrogen and oxygen atoms in total. The maximum absolute atomic E-state index is 12.7. The van der Waals surface area contributed by atoms with E-state index < -0.39 is 15.6 Å². The van der Waals surface area contributed by atoms with Gasteiger partial charge in [0.25, 0.3) is 5.56 Å². The molecule has 0 radical (unpaired) electrons. The van der Waals surface area contributed by atoms with Gasteiger partial charge in [0, 0.05) is 38.4 Å². The number of hydrogen-bond acceptors (Lipinski definition) is 5. The van der Waals surface area contributed by atoms with E-state index in [1.165, 1.54) is 22.6 Å². The standard InChI is InChI=1S/C23H34N4O4S/c1-5-25(6-2)16-20-12-10-9-11-19(20)15-24-22(28)18-26-17-21(13-14-23(26)29)32(30,31)27(7-3)8-4/h9-14,17H,5-8,15-16,18H2,1-4H3,(H,24,28). The van der Waals surface area contributed by atoms with E-state index >= 15 is 0 Å². The van der Waals surface area contributed by atoms with Crippen LogP contribution in [0.5, 0.6) is 0 Å². The highest BCUT2D eigenvalue weighted by Crippen LogP contribution is 2.14. The van der Waals surface area contributed by atoms with Crippen LogP contribution in [0.25, 0.3) is 0 Å². The van der Waals surface area contributed by atoms with Crippen molar-refractivity contribution in [3.63, 3.8) is 0 Å². The molecule has 0 aliphatic rings. The molecule has 1 N–H and O–H groups in total. The van der Waals surface area contributed by atoms with Crippen LogP contribution >= 0.6 is 0 Å². The molecule has 32 heavy (non-hydrogen) atoms. The van der Waals surface area contributed by atoms with Crippen molar-refractivity contribution in [3.8, 4) is 0 Å². The van der Waals surface area contributed by atoms with Gasteiger partial charge < -0.3 is 9.88 Å². The molecule has 176 valence electrons. The molecule has 2 aromatic rings. The summed E-state index contributed by atoms with van der Waals surface area (Å²) in [6.45, 7) is 11.1. The Bertz CT molecular complexity index is 1060. The van der Waals surface area contributed by atoms with Gasteiger partial charge in [-0.15, -0.1) is 0 Å². The van der Waals surface area contributed by atoms with Gasteiger partial charge in [-0.2, -0.15) is 4.31 Å². The fourth-order valence-corrected chi connectivity index (χ4v) is 4.95. The molecule has 0 aliphatic carbocycles. The molecule has 0 unspecified atom stereocenters. The zero-order valence-corrected chi connectivity index (χ0v) is 20.2. The van der Waals surface area contributed by atoms with E-state index in [1.807, 2.05) is 24.3 Å². The molecule has 0 aliphatic heterocycles. The maximum atomic E-state index is 12.7. The Hall–Kier alpha value is -2.49. The first-order valence-electron chi connectivity index (χ1n) is 11.0. The average Bonchev–Trinajstić information content (AvgIpc) is 2.78. The monoisotopic (exact) mass is 462 g/mol. The number of sulfonamides is 1. The lowest BCUT2D eigenvalue weighted by atomic mass is 10.1. The number of benzene rings is 1. The largest absolute Gasteiger partial charge is 0.350 e. The topological polar surface area (TPSA) is 91.7 Å². The third kappa shape index (κ3) is 6.51. The number of carbonyl (C=O) groups is 1. The van der Waals surface area contributed by atoms with E-state index in [9.17, 15) is 18.0 Å². The van der Waals surface area contributed by atoms with E-state index in [1.54, 1.807) is 13.8 Å². The molecular formula is C23H34N4O4S. The van der Waals surface area contributed by atoms with Crippen LogP contribution in [-0.4, -0.2) is 54.3 Å². The van der Waals surface area contributed by atoms with E-state index in [2.05, 4.69) is 24.1 Å². The average molecular weight is 463 g/mol. The van der Waals surface area contributed by atoms with Crippen molar-refractivity contribution in [1.82, 2.24) is 19.1 Å². The number of nitrogens with one attached hydrogen (secondary N) is 1. The number of amides is 1. The van der Waals surface area contributed by atoms with Gasteiger partial charge in [-0.25, -0.2) is 8.42 Å². The Morgan fingerprint density at radius 3 is 2.16 bits per heavy atom. The minimum Gasteiger partial charge on any atom is -0.350 e. The normalized spacial score (nSPS) is 11.8. The Balaban J connectivity index is 2.13. The van der Waals surface area contributed by atoms with Crippen LogP contribution in [0.1, 0.15) is 38.8 Å². The number of carbonyl (C=O) groups excluding carboxylic acids is 1. The van der Waals surface area contributed by atoms with Crippen LogP contribution < -0.4 is 10.9 Å². The molecular weight excluding hydrogens is 428 g/mol. The first kappa shape index (κ1) is 25.8. The van der Waals surface area contributed by atoms with E-state index in [4.69, 9.17) is 0 Å². The molecule has 9 heteroatoms. The molecule has 1 amide bonds. The van der Waals surface area contributed by atoms with Crippen LogP contribution in [0.4, 0.5) is 0 Å². The minimum absolute atomic E-state index is 0.00170. The van der Waals surface area contributed by atoms with Crippen LogP contribution in [0.15, 0.2) is 52.3 Å². The van der Waals surface area contributed by atoms with Crippen molar-refractivity contribution in [3.05, 3.63) is 64.1 Å². The van der Waals surface area contributed by atoms with Crippen LogP contribution in [0.2, 0.25) is 0 Å². The molecule has 0 fully saturated rings. The number of rotatable bonds is 12. The highest BCUT2D eigenvalue weighted by molar-refractivity contribution is 7.89. The third-order valence-electron chi connectivity index (χ3n) is 5.50. The lowest BCUT2D eigenvalue weighted by molar-refractivity contribution is -0.121. The van der Waals surface area contributed by atoms with Gasteiger partial charge in [0.05, 0.1) is 4.90 Å². The van der Waals surface area contributed by atoms with Crippen molar-refractivity contribution >= 4 is 15.9 Å². The molecule has 0 bridgehead atoms. The Morgan fingerprint density at radius 1 is 0.938 bits per heavy atom. The summed E-state index contributed by atoms with van der Waals surface area (Å²) in [7, 11) is -3.72. The van der Waals surface area contributed by atoms with Crippen LogP contribution in [0, 0.1) is 0 Å². The van der Waals surface area contributed by atoms with Crippen molar-refractivity contribution < 1.29 is 13.2 Å². The predicted octanol–water partition coefficient (Wildman–Crippen LogP) is 2.04. The quantitative estimate of drug-likeness (QED) is 0.521. The zero-order valence-electron chi connectivity index (χ0n) is 19.4. The number of hydrogen-bond donors (Lipinski definition) is 1. The minimum atomic E-state index is -3.72. The first-order chi connectivity index (χ1) is 15.3. The van der Waals surface area contributed by atoms with Gasteiger partial charge in [-0.1, -0.05) is 52.0 Å². The maximum Gasteiger partial charge on any atom is 0.251 e. The molecule has 0 saturated heterocycles. The van der Waals surface area contributed by atoms with Crippen LogP contribution in [-0.2, 0) is 34.5 Å². The molecule has 1 heterocycles. The SMILES string of the molecule is CCN(CC)Cc1ccccc1CNC(=O)Cn1cc(S(=O)(=O)N(CC)CC)ccc1=O. The van der Waals surface area contributed by atoms with Gasteiger partial charge in [-0.05, 0) is 30.3 Å². The molecule has 2 rings (SSSR count).